The third-order valence-corrected chi connectivity index (χ3v) is 3.13. The summed E-state index contributed by atoms with van der Waals surface area (Å²) in [5.74, 6) is 1.11. The van der Waals surface area contributed by atoms with Gasteiger partial charge in [-0.05, 0) is 12.1 Å². The smallest absolute Gasteiger partial charge is 0.128 e. The minimum Gasteiger partial charge on any atom is -0.361 e. The van der Waals surface area contributed by atoms with Crippen molar-refractivity contribution < 1.29 is 0 Å². The maximum atomic E-state index is 5.54. The molecule has 1 aliphatic heterocycles. The van der Waals surface area contributed by atoms with Gasteiger partial charge in [-0.1, -0.05) is 0 Å². The fourth-order valence-electron chi connectivity index (χ4n) is 2.12. The third-order valence-electron chi connectivity index (χ3n) is 3.13. The highest BCUT2D eigenvalue weighted by Crippen LogP contribution is 2.19. The minimum atomic E-state index is 0.491. The largest absolute Gasteiger partial charge is 0.361 e. The summed E-state index contributed by atoms with van der Waals surface area (Å²) in [4.78, 5) is 11.0. The molecule has 0 aliphatic carbocycles. The first kappa shape index (κ1) is 10.3. The van der Waals surface area contributed by atoms with Crippen LogP contribution in [0.25, 0.3) is 0 Å². The van der Waals surface area contributed by atoms with Crippen LogP contribution < -0.4 is 10.6 Å². The summed E-state index contributed by atoms with van der Waals surface area (Å²) in [6, 6.07) is 4.06. The maximum absolute atomic E-state index is 5.54. The van der Waals surface area contributed by atoms with Crippen LogP contribution in [0.3, 0.4) is 0 Å². The van der Waals surface area contributed by atoms with Crippen LogP contribution >= 0.6 is 0 Å². The Morgan fingerprint density at radius 2 is 2.18 bits per heavy atom. The van der Waals surface area contributed by atoms with Crippen molar-refractivity contribution in [1.82, 2.24) is 14.5 Å². The highest BCUT2D eigenvalue weighted by Gasteiger charge is 2.16. The summed E-state index contributed by atoms with van der Waals surface area (Å²) in [7, 11) is 0. The fraction of sp³-hybridized carbons (Fsp3) is 0.333. The van der Waals surface area contributed by atoms with Gasteiger partial charge in [0.05, 0.1) is 24.1 Å². The van der Waals surface area contributed by atoms with Crippen LogP contribution in [-0.2, 0) is 19.6 Å². The lowest BCUT2D eigenvalue weighted by atomic mass is 10.2. The number of rotatable bonds is 2. The Morgan fingerprint density at radius 1 is 1.24 bits per heavy atom. The van der Waals surface area contributed by atoms with E-state index in [0.29, 0.717) is 6.54 Å². The van der Waals surface area contributed by atoms with Crippen LogP contribution in [0.15, 0.2) is 30.7 Å². The van der Waals surface area contributed by atoms with E-state index < -0.39 is 0 Å². The van der Waals surface area contributed by atoms with Gasteiger partial charge in [0, 0.05) is 32.0 Å². The Balaban J connectivity index is 1.81. The standard InChI is InChI=1S/C12H15N5/c13-7-10-1-2-11(8-15-10)17-6-5-16-4-3-14-12(16)9-17/h1-4,8H,5-7,9,13H2. The highest BCUT2D eigenvalue weighted by molar-refractivity contribution is 5.45. The van der Waals surface area contributed by atoms with E-state index in [2.05, 4.69) is 25.5 Å². The second kappa shape index (κ2) is 4.18. The molecule has 2 aromatic heterocycles. The first-order valence-electron chi connectivity index (χ1n) is 5.77. The van der Waals surface area contributed by atoms with Gasteiger partial charge >= 0.3 is 0 Å². The molecule has 0 spiro atoms. The van der Waals surface area contributed by atoms with Crippen molar-refractivity contribution in [3.63, 3.8) is 0 Å². The number of nitrogens with zero attached hydrogens (tertiary/aromatic N) is 4. The van der Waals surface area contributed by atoms with Crippen LogP contribution in [0.5, 0.6) is 0 Å². The SMILES string of the molecule is NCc1ccc(N2CCn3ccnc3C2)cn1. The van der Waals surface area contributed by atoms with Crippen molar-refractivity contribution in [3.8, 4) is 0 Å². The molecule has 0 bridgehead atoms. The number of hydrogen-bond acceptors (Lipinski definition) is 4. The van der Waals surface area contributed by atoms with E-state index in [0.717, 1.165) is 36.8 Å². The van der Waals surface area contributed by atoms with E-state index in [1.54, 1.807) is 0 Å². The zero-order valence-electron chi connectivity index (χ0n) is 9.58. The van der Waals surface area contributed by atoms with Gasteiger partial charge in [0.25, 0.3) is 0 Å². The lowest BCUT2D eigenvalue weighted by molar-refractivity contribution is 0.559. The van der Waals surface area contributed by atoms with Gasteiger partial charge in [-0.15, -0.1) is 0 Å². The topological polar surface area (TPSA) is 60.0 Å². The fourth-order valence-corrected chi connectivity index (χ4v) is 2.12. The second-order valence-electron chi connectivity index (χ2n) is 4.17. The summed E-state index contributed by atoms with van der Waals surface area (Å²) in [6.45, 7) is 3.31. The summed E-state index contributed by atoms with van der Waals surface area (Å²) in [5.41, 5.74) is 7.60. The predicted octanol–water partition coefficient (Wildman–Crippen LogP) is 0.757. The van der Waals surface area contributed by atoms with Gasteiger partial charge < -0.3 is 15.2 Å². The molecule has 3 rings (SSSR count). The molecule has 0 unspecified atom stereocenters. The number of imidazole rings is 1. The summed E-state index contributed by atoms with van der Waals surface area (Å²) >= 11 is 0. The Hall–Kier alpha value is -1.88. The summed E-state index contributed by atoms with van der Waals surface area (Å²) in [6.07, 6.45) is 5.78. The third kappa shape index (κ3) is 1.89. The van der Waals surface area contributed by atoms with Gasteiger partial charge in [-0.3, -0.25) is 4.98 Å². The van der Waals surface area contributed by atoms with E-state index in [1.807, 2.05) is 24.7 Å². The molecule has 88 valence electrons. The second-order valence-corrected chi connectivity index (χ2v) is 4.17. The van der Waals surface area contributed by atoms with E-state index in [4.69, 9.17) is 5.73 Å². The van der Waals surface area contributed by atoms with Gasteiger partial charge in [0.15, 0.2) is 0 Å². The van der Waals surface area contributed by atoms with E-state index in [9.17, 15) is 0 Å². The number of hydrogen-bond donors (Lipinski definition) is 1. The Morgan fingerprint density at radius 3 is 2.94 bits per heavy atom. The van der Waals surface area contributed by atoms with Crippen molar-refractivity contribution in [2.24, 2.45) is 5.73 Å². The monoisotopic (exact) mass is 229 g/mol. The minimum absolute atomic E-state index is 0.491. The predicted molar refractivity (Wildman–Crippen MR) is 65.4 cm³/mol. The number of fused-ring (bicyclic) bond motifs is 1. The average molecular weight is 229 g/mol. The van der Waals surface area contributed by atoms with Crippen LogP contribution in [0, 0.1) is 0 Å². The molecule has 2 aromatic rings. The van der Waals surface area contributed by atoms with Crippen LogP contribution in [0.2, 0.25) is 0 Å². The van der Waals surface area contributed by atoms with Crippen molar-refractivity contribution in [3.05, 3.63) is 42.2 Å². The number of pyridine rings is 1. The first-order valence-corrected chi connectivity index (χ1v) is 5.77. The molecule has 3 heterocycles. The van der Waals surface area contributed by atoms with Gasteiger partial charge in [0.2, 0.25) is 0 Å². The summed E-state index contributed by atoms with van der Waals surface area (Å²) < 4.78 is 2.19. The van der Waals surface area contributed by atoms with Crippen molar-refractivity contribution >= 4 is 5.69 Å². The highest BCUT2D eigenvalue weighted by atomic mass is 15.2. The zero-order valence-corrected chi connectivity index (χ0v) is 9.58. The van der Waals surface area contributed by atoms with Crippen LogP contribution in [0.4, 0.5) is 5.69 Å². The lowest BCUT2D eigenvalue weighted by Gasteiger charge is -2.29. The number of anilines is 1. The molecular weight excluding hydrogens is 214 g/mol. The van der Waals surface area contributed by atoms with Crippen molar-refractivity contribution in [2.45, 2.75) is 19.6 Å². The molecule has 0 saturated heterocycles. The molecule has 5 nitrogen and oxygen atoms in total. The van der Waals surface area contributed by atoms with E-state index >= 15 is 0 Å². The molecule has 0 fully saturated rings. The van der Waals surface area contributed by atoms with Gasteiger partial charge in [-0.25, -0.2) is 4.98 Å². The molecule has 0 aromatic carbocycles. The van der Waals surface area contributed by atoms with E-state index in [-0.39, 0.29) is 0 Å². The average Bonchev–Trinajstić information content (AvgIpc) is 2.86. The quantitative estimate of drug-likeness (QED) is 0.825. The summed E-state index contributed by atoms with van der Waals surface area (Å²) in [5, 5.41) is 0. The molecule has 17 heavy (non-hydrogen) atoms. The first-order chi connectivity index (χ1) is 8.36. The normalized spacial score (nSPS) is 14.8. The number of aromatic nitrogens is 3. The Kier molecular flexibility index (Phi) is 2.53. The molecule has 0 atom stereocenters. The molecule has 0 radical (unpaired) electrons. The zero-order chi connectivity index (χ0) is 11.7. The van der Waals surface area contributed by atoms with E-state index in [1.165, 1.54) is 0 Å². The van der Waals surface area contributed by atoms with Crippen LogP contribution in [-0.4, -0.2) is 21.1 Å². The molecular formula is C12H15N5. The molecule has 0 amide bonds. The number of nitrogens with two attached hydrogens (primary N) is 1. The Bertz CT molecular complexity index is 502. The van der Waals surface area contributed by atoms with Gasteiger partial charge in [-0.2, -0.15) is 0 Å². The lowest BCUT2D eigenvalue weighted by Crippen LogP contribution is -2.33. The maximum Gasteiger partial charge on any atom is 0.128 e. The molecule has 0 saturated carbocycles. The van der Waals surface area contributed by atoms with Crippen molar-refractivity contribution in [2.75, 3.05) is 11.4 Å². The Labute approximate surface area is 99.9 Å². The molecule has 5 heteroatoms. The van der Waals surface area contributed by atoms with Gasteiger partial charge in [0.1, 0.15) is 5.82 Å². The van der Waals surface area contributed by atoms with Crippen molar-refractivity contribution in [1.29, 1.82) is 0 Å². The van der Waals surface area contributed by atoms with Crippen LogP contribution in [0.1, 0.15) is 11.5 Å². The molecule has 2 N–H and O–H groups in total. The molecule has 1 aliphatic rings.